The van der Waals surface area contributed by atoms with Crippen LogP contribution in [0.2, 0.25) is 0 Å². The van der Waals surface area contributed by atoms with Gasteiger partial charge in [0.15, 0.2) is 11.1 Å². The molecule has 2 aromatic rings. The number of halogens is 1. The fourth-order valence-electron chi connectivity index (χ4n) is 4.18. The van der Waals surface area contributed by atoms with Gasteiger partial charge in [0.05, 0.1) is 5.69 Å². The summed E-state index contributed by atoms with van der Waals surface area (Å²) in [7, 11) is 0. The van der Waals surface area contributed by atoms with E-state index in [2.05, 4.69) is 63.1 Å². The molecule has 170 valence electrons. The molecule has 0 radical (unpaired) electrons. The molecule has 2 aliphatic heterocycles. The second-order valence-corrected chi connectivity index (χ2v) is 8.90. The maximum atomic E-state index is 4.82. The van der Waals surface area contributed by atoms with E-state index in [1.54, 1.807) is 11.3 Å². The smallest absolute Gasteiger partial charge is 0.191 e. The summed E-state index contributed by atoms with van der Waals surface area (Å²) in [6, 6.07) is 11.2. The molecule has 0 amide bonds. The van der Waals surface area contributed by atoms with Crippen molar-refractivity contribution in [1.29, 1.82) is 0 Å². The number of piperidine rings is 1. The number of hydrogen-bond donors (Lipinski definition) is 2. The molecule has 31 heavy (non-hydrogen) atoms. The molecule has 0 aliphatic carbocycles. The summed E-state index contributed by atoms with van der Waals surface area (Å²) in [5.74, 6) is 0.936. The van der Waals surface area contributed by atoms with Crippen molar-refractivity contribution in [3.63, 3.8) is 0 Å². The van der Waals surface area contributed by atoms with Crippen LogP contribution in [0, 0.1) is 0 Å². The first-order chi connectivity index (χ1) is 14.8. The lowest BCUT2D eigenvalue weighted by atomic mass is 10.0. The Morgan fingerprint density at radius 2 is 1.84 bits per heavy atom. The molecule has 2 aliphatic rings. The molecular weight excluding hydrogens is 519 g/mol. The van der Waals surface area contributed by atoms with Crippen LogP contribution in [0.25, 0.3) is 0 Å². The monoisotopic (exact) mass is 554 g/mol. The summed E-state index contributed by atoms with van der Waals surface area (Å²) >= 11 is 1.77. The van der Waals surface area contributed by atoms with Crippen LogP contribution in [0.5, 0.6) is 0 Å². The van der Waals surface area contributed by atoms with E-state index in [-0.39, 0.29) is 24.0 Å². The van der Waals surface area contributed by atoms with Gasteiger partial charge in [-0.3, -0.25) is 4.99 Å². The third kappa shape index (κ3) is 6.97. The SMILES string of the molecule is CCNC(=NCCc1csc(N2CCCC2)n1)NC1CCN(c2ccccc2)CC1.I. The van der Waals surface area contributed by atoms with Crippen molar-refractivity contribution in [1.82, 2.24) is 15.6 Å². The van der Waals surface area contributed by atoms with Gasteiger partial charge in [0.1, 0.15) is 0 Å². The van der Waals surface area contributed by atoms with Crippen molar-refractivity contribution >= 4 is 52.1 Å². The summed E-state index contributed by atoms with van der Waals surface area (Å²) < 4.78 is 0. The van der Waals surface area contributed by atoms with E-state index in [0.717, 1.165) is 70.2 Å². The van der Waals surface area contributed by atoms with Gasteiger partial charge in [-0.1, -0.05) is 18.2 Å². The lowest BCUT2D eigenvalue weighted by Gasteiger charge is -2.34. The number of guanidine groups is 1. The van der Waals surface area contributed by atoms with E-state index in [4.69, 9.17) is 9.98 Å². The molecule has 2 N–H and O–H groups in total. The molecule has 0 bridgehead atoms. The van der Waals surface area contributed by atoms with Crippen LogP contribution < -0.4 is 20.4 Å². The topological polar surface area (TPSA) is 55.8 Å². The molecule has 4 rings (SSSR count). The number of rotatable bonds is 7. The molecule has 0 saturated carbocycles. The molecule has 6 nitrogen and oxygen atoms in total. The number of aliphatic imine (C=N–C) groups is 1. The minimum absolute atomic E-state index is 0. The Morgan fingerprint density at radius 3 is 2.55 bits per heavy atom. The maximum absolute atomic E-state index is 4.82. The summed E-state index contributed by atoms with van der Waals surface area (Å²) in [6.07, 6.45) is 5.74. The van der Waals surface area contributed by atoms with Crippen molar-refractivity contribution in [2.24, 2.45) is 4.99 Å². The van der Waals surface area contributed by atoms with Crippen molar-refractivity contribution in [2.45, 2.75) is 45.1 Å². The van der Waals surface area contributed by atoms with E-state index in [1.807, 2.05) is 0 Å². The summed E-state index contributed by atoms with van der Waals surface area (Å²) in [4.78, 5) is 14.5. The van der Waals surface area contributed by atoms with Crippen molar-refractivity contribution in [2.75, 3.05) is 49.1 Å². The molecule has 0 atom stereocenters. The van der Waals surface area contributed by atoms with Gasteiger partial charge in [-0.25, -0.2) is 4.98 Å². The normalized spacial score (nSPS) is 17.5. The number of thiazole rings is 1. The average molecular weight is 555 g/mol. The summed E-state index contributed by atoms with van der Waals surface area (Å²) in [5, 5.41) is 10.4. The number of nitrogens with zero attached hydrogens (tertiary/aromatic N) is 4. The van der Waals surface area contributed by atoms with Crippen LogP contribution in [0.3, 0.4) is 0 Å². The molecule has 0 unspecified atom stereocenters. The van der Waals surface area contributed by atoms with Gasteiger partial charge in [-0.15, -0.1) is 35.3 Å². The number of nitrogens with one attached hydrogen (secondary N) is 2. The standard InChI is InChI=1S/C23H34N6S.HI/c1-2-24-22(25-13-10-20-18-30-23(27-20)29-14-6-7-15-29)26-19-11-16-28(17-12-19)21-8-4-3-5-9-21;/h3-5,8-9,18-19H,2,6-7,10-17H2,1H3,(H2,24,25,26);1H. The zero-order valence-corrected chi connectivity index (χ0v) is 21.6. The highest BCUT2D eigenvalue weighted by molar-refractivity contribution is 14.0. The zero-order chi connectivity index (χ0) is 20.6. The number of para-hydroxylation sites is 1. The minimum Gasteiger partial charge on any atom is -0.371 e. The summed E-state index contributed by atoms with van der Waals surface area (Å²) in [5.41, 5.74) is 2.49. The van der Waals surface area contributed by atoms with Crippen molar-refractivity contribution < 1.29 is 0 Å². The van der Waals surface area contributed by atoms with Gasteiger partial charge < -0.3 is 20.4 Å². The van der Waals surface area contributed by atoms with Crippen LogP contribution in [-0.2, 0) is 6.42 Å². The van der Waals surface area contributed by atoms with E-state index in [0.29, 0.717) is 6.04 Å². The molecule has 2 fully saturated rings. The van der Waals surface area contributed by atoms with Gasteiger partial charge in [-0.2, -0.15) is 0 Å². The Hall–Kier alpha value is -1.55. The molecular formula is C23H35IN6S. The first kappa shape index (κ1) is 24.1. The van der Waals surface area contributed by atoms with Crippen LogP contribution in [-0.4, -0.2) is 56.3 Å². The Balaban J connectivity index is 0.00000272. The Labute approximate surface area is 207 Å². The van der Waals surface area contributed by atoms with Crippen LogP contribution in [0.15, 0.2) is 40.7 Å². The van der Waals surface area contributed by atoms with Crippen LogP contribution in [0.4, 0.5) is 10.8 Å². The second kappa shape index (κ2) is 12.5. The van der Waals surface area contributed by atoms with E-state index in [9.17, 15) is 0 Å². The lowest BCUT2D eigenvalue weighted by Crippen LogP contribution is -2.48. The molecule has 1 aromatic heterocycles. The van der Waals surface area contributed by atoms with Crippen molar-refractivity contribution in [3.8, 4) is 0 Å². The second-order valence-electron chi connectivity index (χ2n) is 8.07. The van der Waals surface area contributed by atoms with Gasteiger partial charge >= 0.3 is 0 Å². The first-order valence-corrected chi connectivity index (χ1v) is 12.2. The lowest BCUT2D eigenvalue weighted by molar-refractivity contribution is 0.461. The van der Waals surface area contributed by atoms with Gasteiger partial charge in [0.25, 0.3) is 0 Å². The predicted molar refractivity (Wildman–Crippen MR) is 143 cm³/mol. The average Bonchev–Trinajstić information content (AvgIpc) is 3.47. The third-order valence-corrected chi connectivity index (χ3v) is 6.81. The maximum Gasteiger partial charge on any atom is 0.191 e. The fourth-order valence-corrected chi connectivity index (χ4v) is 5.09. The summed E-state index contributed by atoms with van der Waals surface area (Å²) in [6.45, 7) is 8.24. The van der Waals surface area contributed by atoms with Crippen LogP contribution >= 0.6 is 35.3 Å². The van der Waals surface area contributed by atoms with Gasteiger partial charge in [0, 0.05) is 62.8 Å². The van der Waals surface area contributed by atoms with E-state index < -0.39 is 0 Å². The Morgan fingerprint density at radius 1 is 1.10 bits per heavy atom. The highest BCUT2D eigenvalue weighted by Crippen LogP contribution is 2.24. The van der Waals surface area contributed by atoms with Gasteiger partial charge in [-0.05, 0) is 44.7 Å². The largest absolute Gasteiger partial charge is 0.371 e. The van der Waals surface area contributed by atoms with E-state index in [1.165, 1.54) is 23.7 Å². The predicted octanol–water partition coefficient (Wildman–Crippen LogP) is 4.13. The highest BCUT2D eigenvalue weighted by Gasteiger charge is 2.20. The molecule has 3 heterocycles. The number of aromatic nitrogens is 1. The Bertz CT molecular complexity index is 797. The number of anilines is 2. The third-order valence-electron chi connectivity index (χ3n) is 5.86. The Kier molecular flexibility index (Phi) is 9.70. The highest BCUT2D eigenvalue weighted by atomic mass is 127. The van der Waals surface area contributed by atoms with Crippen molar-refractivity contribution in [3.05, 3.63) is 41.4 Å². The number of hydrogen-bond acceptors (Lipinski definition) is 5. The molecule has 0 spiro atoms. The first-order valence-electron chi connectivity index (χ1n) is 11.4. The van der Waals surface area contributed by atoms with E-state index >= 15 is 0 Å². The zero-order valence-electron chi connectivity index (χ0n) is 18.4. The molecule has 2 saturated heterocycles. The van der Waals surface area contributed by atoms with Crippen LogP contribution in [0.1, 0.15) is 38.3 Å². The fraction of sp³-hybridized carbons (Fsp3) is 0.565. The molecule has 1 aromatic carbocycles. The molecule has 8 heteroatoms. The van der Waals surface area contributed by atoms with Gasteiger partial charge in [0.2, 0.25) is 0 Å². The minimum atomic E-state index is 0. The number of benzene rings is 1. The quantitative estimate of drug-likeness (QED) is 0.307.